The van der Waals surface area contributed by atoms with Crippen LogP contribution < -0.4 is 16.4 Å². The fourth-order valence-electron chi connectivity index (χ4n) is 1.97. The molecular formula is C10H15N5O2S. The van der Waals surface area contributed by atoms with Gasteiger partial charge in [-0.15, -0.1) is 0 Å². The number of anilines is 2. The summed E-state index contributed by atoms with van der Waals surface area (Å²) in [5, 5.41) is 0.697. The van der Waals surface area contributed by atoms with Crippen LogP contribution in [-0.4, -0.2) is 47.3 Å². The number of nitrogen functional groups attached to an aromatic ring is 1. The molecule has 0 radical (unpaired) electrons. The van der Waals surface area contributed by atoms with E-state index >= 15 is 0 Å². The Hall–Kier alpha value is -1.83. The van der Waals surface area contributed by atoms with Crippen LogP contribution in [-0.2, 0) is 4.79 Å². The van der Waals surface area contributed by atoms with Crippen LogP contribution in [0.25, 0.3) is 0 Å². The van der Waals surface area contributed by atoms with Gasteiger partial charge >= 0.3 is 0 Å². The van der Waals surface area contributed by atoms with Gasteiger partial charge in [0.25, 0.3) is 5.91 Å². The molecule has 0 aromatic carbocycles. The van der Waals surface area contributed by atoms with Gasteiger partial charge in [-0.1, -0.05) is 0 Å². The van der Waals surface area contributed by atoms with E-state index in [2.05, 4.69) is 4.37 Å². The van der Waals surface area contributed by atoms with Crippen LogP contribution >= 0.6 is 11.5 Å². The van der Waals surface area contributed by atoms with E-state index in [-0.39, 0.29) is 17.3 Å². The first-order chi connectivity index (χ1) is 8.50. The molecule has 1 aliphatic rings. The van der Waals surface area contributed by atoms with E-state index in [1.165, 1.54) is 11.5 Å². The molecule has 1 aliphatic heterocycles. The number of piperazine rings is 1. The molecule has 0 saturated carbocycles. The summed E-state index contributed by atoms with van der Waals surface area (Å²) in [6, 6.07) is 0. The third-order valence-corrected chi connectivity index (χ3v) is 3.88. The minimum Gasteiger partial charge on any atom is -0.382 e. The molecule has 2 amide bonds. The van der Waals surface area contributed by atoms with E-state index in [1.807, 2.05) is 4.90 Å². The summed E-state index contributed by atoms with van der Waals surface area (Å²) < 4.78 is 3.96. The largest absolute Gasteiger partial charge is 0.382 e. The van der Waals surface area contributed by atoms with Crippen LogP contribution in [0.4, 0.5) is 10.8 Å². The fourth-order valence-corrected chi connectivity index (χ4v) is 2.84. The molecule has 0 aliphatic carbocycles. The van der Waals surface area contributed by atoms with Crippen molar-refractivity contribution >= 4 is 34.2 Å². The number of amides is 2. The van der Waals surface area contributed by atoms with E-state index in [9.17, 15) is 9.59 Å². The highest BCUT2D eigenvalue weighted by Gasteiger charge is 2.25. The fraction of sp³-hybridized carbons (Fsp3) is 0.500. The quantitative estimate of drug-likeness (QED) is 0.752. The Labute approximate surface area is 109 Å². The summed E-state index contributed by atoms with van der Waals surface area (Å²) >= 11 is 1.17. The molecule has 1 aromatic heterocycles. The minimum absolute atomic E-state index is 0.0635. The maximum Gasteiger partial charge on any atom is 0.255 e. The number of nitrogens with zero attached hydrogens (tertiary/aromatic N) is 3. The standard InChI is InChI=1S/C10H15N5O2S/c1-6(16)14-2-4-15(5-3-14)10-7(9(12)17)8(11)13-18-10/h2-5H2,1H3,(H2,11,13)(H2,12,17). The number of carbonyl (C=O) groups excluding carboxylic acids is 2. The number of carbonyl (C=O) groups is 2. The van der Waals surface area contributed by atoms with Gasteiger partial charge < -0.3 is 21.3 Å². The smallest absolute Gasteiger partial charge is 0.255 e. The van der Waals surface area contributed by atoms with E-state index < -0.39 is 5.91 Å². The van der Waals surface area contributed by atoms with Gasteiger partial charge in [0.1, 0.15) is 10.6 Å². The normalized spacial score (nSPS) is 15.8. The van der Waals surface area contributed by atoms with Crippen molar-refractivity contribution in [3.05, 3.63) is 5.56 Å². The summed E-state index contributed by atoms with van der Waals surface area (Å²) in [5.74, 6) is -0.324. The first kappa shape index (κ1) is 12.6. The summed E-state index contributed by atoms with van der Waals surface area (Å²) in [6.45, 7) is 4.12. The van der Waals surface area contributed by atoms with Crippen LogP contribution in [0.15, 0.2) is 0 Å². The predicted octanol–water partition coefficient (Wildman–Crippen LogP) is -0.507. The highest BCUT2D eigenvalue weighted by molar-refractivity contribution is 7.11. The lowest BCUT2D eigenvalue weighted by Crippen LogP contribution is -2.48. The molecule has 0 unspecified atom stereocenters. The highest BCUT2D eigenvalue weighted by atomic mass is 32.1. The van der Waals surface area contributed by atoms with Crippen LogP contribution in [0.3, 0.4) is 0 Å². The van der Waals surface area contributed by atoms with Crippen molar-refractivity contribution in [3.8, 4) is 0 Å². The Morgan fingerprint density at radius 1 is 1.28 bits per heavy atom. The molecule has 0 spiro atoms. The topological polar surface area (TPSA) is 106 Å². The summed E-state index contributed by atoms with van der Waals surface area (Å²) in [6.07, 6.45) is 0. The number of primary amides is 1. The molecule has 1 fully saturated rings. The van der Waals surface area contributed by atoms with Crippen molar-refractivity contribution in [3.63, 3.8) is 0 Å². The number of hydrogen-bond acceptors (Lipinski definition) is 6. The maximum absolute atomic E-state index is 11.3. The summed E-state index contributed by atoms with van der Waals surface area (Å²) in [5.41, 5.74) is 11.2. The average Bonchev–Trinajstić information content (AvgIpc) is 2.71. The van der Waals surface area contributed by atoms with Gasteiger partial charge in [-0.3, -0.25) is 9.59 Å². The maximum atomic E-state index is 11.3. The van der Waals surface area contributed by atoms with Crippen molar-refractivity contribution < 1.29 is 9.59 Å². The number of rotatable bonds is 2. The predicted molar refractivity (Wildman–Crippen MR) is 69.5 cm³/mol. The number of hydrogen-bond donors (Lipinski definition) is 2. The zero-order valence-corrected chi connectivity index (χ0v) is 10.9. The monoisotopic (exact) mass is 269 g/mol. The Morgan fingerprint density at radius 3 is 2.39 bits per heavy atom. The lowest BCUT2D eigenvalue weighted by Gasteiger charge is -2.34. The second kappa shape index (κ2) is 4.81. The van der Waals surface area contributed by atoms with Crippen molar-refractivity contribution in [2.24, 2.45) is 5.73 Å². The summed E-state index contributed by atoms with van der Waals surface area (Å²) in [7, 11) is 0. The molecule has 2 rings (SSSR count). The molecule has 4 N–H and O–H groups in total. The number of nitrogens with two attached hydrogens (primary N) is 2. The van der Waals surface area contributed by atoms with Crippen molar-refractivity contribution in [1.29, 1.82) is 0 Å². The van der Waals surface area contributed by atoms with Crippen molar-refractivity contribution in [2.75, 3.05) is 36.8 Å². The highest BCUT2D eigenvalue weighted by Crippen LogP contribution is 2.30. The van der Waals surface area contributed by atoms with Crippen molar-refractivity contribution in [2.45, 2.75) is 6.92 Å². The van der Waals surface area contributed by atoms with Gasteiger partial charge in [0, 0.05) is 33.1 Å². The molecule has 7 nitrogen and oxygen atoms in total. The Kier molecular flexibility index (Phi) is 3.37. The van der Waals surface area contributed by atoms with Gasteiger partial charge in [0.05, 0.1) is 0 Å². The van der Waals surface area contributed by atoms with Gasteiger partial charge in [0.15, 0.2) is 5.82 Å². The van der Waals surface area contributed by atoms with Gasteiger partial charge in [0.2, 0.25) is 5.91 Å². The zero-order chi connectivity index (χ0) is 13.3. The molecule has 1 aromatic rings. The van der Waals surface area contributed by atoms with E-state index in [0.717, 1.165) is 0 Å². The molecule has 1 saturated heterocycles. The zero-order valence-electron chi connectivity index (χ0n) is 10.0. The lowest BCUT2D eigenvalue weighted by molar-refractivity contribution is -0.129. The van der Waals surface area contributed by atoms with E-state index in [4.69, 9.17) is 11.5 Å². The van der Waals surface area contributed by atoms with E-state index in [1.54, 1.807) is 11.8 Å². The minimum atomic E-state index is -0.565. The Balaban J connectivity index is 2.15. The molecular weight excluding hydrogens is 254 g/mol. The first-order valence-electron chi connectivity index (χ1n) is 5.56. The molecule has 2 heterocycles. The third kappa shape index (κ3) is 2.23. The van der Waals surface area contributed by atoms with Crippen LogP contribution in [0, 0.1) is 0 Å². The lowest BCUT2D eigenvalue weighted by atomic mass is 10.2. The second-order valence-corrected chi connectivity index (χ2v) is 4.86. The van der Waals surface area contributed by atoms with Gasteiger partial charge in [-0.25, -0.2) is 0 Å². The summed E-state index contributed by atoms with van der Waals surface area (Å²) in [4.78, 5) is 26.3. The number of aromatic nitrogens is 1. The van der Waals surface area contributed by atoms with Crippen LogP contribution in [0.1, 0.15) is 17.3 Å². The van der Waals surface area contributed by atoms with Crippen LogP contribution in [0.2, 0.25) is 0 Å². The second-order valence-electron chi connectivity index (χ2n) is 4.11. The van der Waals surface area contributed by atoms with Gasteiger partial charge in [-0.2, -0.15) is 4.37 Å². The first-order valence-corrected chi connectivity index (χ1v) is 6.33. The molecule has 0 bridgehead atoms. The molecule has 8 heteroatoms. The third-order valence-electron chi connectivity index (χ3n) is 2.96. The Bertz CT molecular complexity index is 479. The van der Waals surface area contributed by atoms with Gasteiger partial charge in [-0.05, 0) is 11.5 Å². The SMILES string of the molecule is CC(=O)N1CCN(c2snc(N)c2C(N)=O)CC1. The molecule has 18 heavy (non-hydrogen) atoms. The Morgan fingerprint density at radius 2 is 1.89 bits per heavy atom. The molecule has 98 valence electrons. The average molecular weight is 269 g/mol. The van der Waals surface area contributed by atoms with E-state index in [0.29, 0.717) is 31.2 Å². The molecule has 0 atom stereocenters. The van der Waals surface area contributed by atoms with Crippen molar-refractivity contribution in [1.82, 2.24) is 9.27 Å². The van der Waals surface area contributed by atoms with Crippen LogP contribution in [0.5, 0.6) is 0 Å².